The van der Waals surface area contributed by atoms with Gasteiger partial charge in [0.1, 0.15) is 0 Å². The maximum absolute atomic E-state index is 6.68. The quantitative estimate of drug-likeness (QED) is 0.598. The van der Waals surface area contributed by atoms with E-state index in [0.29, 0.717) is 5.41 Å². The fraction of sp³-hybridized carbons (Fsp3) is 1.00. The van der Waals surface area contributed by atoms with Gasteiger partial charge in [-0.3, -0.25) is 0 Å². The molecule has 3 fully saturated rings. The second-order valence-electron chi connectivity index (χ2n) is 7.39. The van der Waals surface area contributed by atoms with E-state index in [1.165, 1.54) is 38.5 Å². The number of rotatable bonds is 0. The van der Waals surface area contributed by atoms with Crippen LogP contribution in [0.15, 0.2) is 0 Å². The van der Waals surface area contributed by atoms with Gasteiger partial charge in [-0.15, -0.1) is 0 Å². The molecular formula is C15H26O. The Labute approximate surface area is 99.9 Å². The summed E-state index contributed by atoms with van der Waals surface area (Å²) in [6.07, 6.45) is 8.29. The predicted octanol–water partition coefficient (Wildman–Crippen LogP) is 4.16. The molecule has 0 aromatic heterocycles. The molecule has 0 unspecified atom stereocenters. The third-order valence-electron chi connectivity index (χ3n) is 6.21. The van der Waals surface area contributed by atoms with Crippen molar-refractivity contribution in [1.82, 2.24) is 0 Å². The van der Waals surface area contributed by atoms with Crippen LogP contribution in [-0.2, 0) is 4.74 Å². The van der Waals surface area contributed by atoms with Gasteiger partial charge in [0.15, 0.2) is 0 Å². The molecule has 2 saturated carbocycles. The number of hydrogen-bond acceptors (Lipinski definition) is 1. The molecule has 1 spiro atoms. The number of hydrogen-bond donors (Lipinski definition) is 0. The van der Waals surface area contributed by atoms with E-state index in [0.717, 1.165) is 11.8 Å². The Kier molecular flexibility index (Phi) is 2.11. The van der Waals surface area contributed by atoms with Crippen LogP contribution in [-0.4, -0.2) is 11.2 Å². The molecule has 0 aromatic carbocycles. The van der Waals surface area contributed by atoms with Crippen LogP contribution in [0.3, 0.4) is 0 Å². The lowest BCUT2D eigenvalue weighted by molar-refractivity contribution is -0.192. The van der Waals surface area contributed by atoms with Gasteiger partial charge >= 0.3 is 0 Å². The fourth-order valence-corrected chi connectivity index (χ4v) is 4.99. The van der Waals surface area contributed by atoms with Crippen LogP contribution in [0, 0.1) is 17.3 Å². The summed E-state index contributed by atoms with van der Waals surface area (Å²) in [5.41, 5.74) is 0.815. The first kappa shape index (κ1) is 11.1. The van der Waals surface area contributed by atoms with Gasteiger partial charge in [0, 0.05) is 0 Å². The molecule has 92 valence electrons. The summed E-state index contributed by atoms with van der Waals surface area (Å²) in [6.45, 7) is 9.57. The lowest BCUT2D eigenvalue weighted by atomic mass is 9.53. The average molecular weight is 222 g/mol. The SMILES string of the molecule is C[C@@H]1CCC[C@@]2(C)CC[C@H]3C[C@@]12OC3(C)C. The molecule has 0 radical (unpaired) electrons. The van der Waals surface area contributed by atoms with E-state index < -0.39 is 0 Å². The average Bonchev–Trinajstić information content (AvgIpc) is 2.42. The standard InChI is InChI=1S/C15H26O/c1-11-6-5-8-14(4)9-7-12-10-15(11,14)16-13(12,2)3/h11-12H,5-10H2,1-4H3/t11-,12+,14+,15-/m1/s1. The highest BCUT2D eigenvalue weighted by molar-refractivity contribution is 5.14. The van der Waals surface area contributed by atoms with Crippen LogP contribution >= 0.6 is 0 Å². The molecule has 3 rings (SSSR count). The summed E-state index contributed by atoms with van der Waals surface area (Å²) in [5.74, 6) is 1.57. The molecule has 4 atom stereocenters. The van der Waals surface area contributed by atoms with Crippen molar-refractivity contribution in [3.8, 4) is 0 Å². The number of ether oxygens (including phenoxy) is 1. The van der Waals surface area contributed by atoms with Gasteiger partial charge in [-0.2, -0.15) is 0 Å². The maximum atomic E-state index is 6.68. The summed E-state index contributed by atoms with van der Waals surface area (Å²) in [7, 11) is 0. The van der Waals surface area contributed by atoms with Gasteiger partial charge in [0.05, 0.1) is 11.2 Å². The maximum Gasteiger partial charge on any atom is 0.0772 e. The van der Waals surface area contributed by atoms with Crippen molar-refractivity contribution in [1.29, 1.82) is 0 Å². The third-order valence-corrected chi connectivity index (χ3v) is 6.21. The van der Waals surface area contributed by atoms with Crippen molar-refractivity contribution >= 4 is 0 Å². The Morgan fingerprint density at radius 1 is 1.06 bits per heavy atom. The van der Waals surface area contributed by atoms with Crippen LogP contribution in [0.25, 0.3) is 0 Å². The normalized spacial score (nSPS) is 54.8. The molecule has 0 aromatic rings. The Hall–Kier alpha value is -0.0400. The molecule has 16 heavy (non-hydrogen) atoms. The van der Waals surface area contributed by atoms with Crippen molar-refractivity contribution < 1.29 is 4.74 Å². The smallest absolute Gasteiger partial charge is 0.0772 e. The highest BCUT2D eigenvalue weighted by Gasteiger charge is 2.65. The summed E-state index contributed by atoms with van der Waals surface area (Å²) in [5, 5.41) is 0. The number of fused-ring (bicyclic) bond motifs is 1. The minimum Gasteiger partial charge on any atom is -0.368 e. The van der Waals surface area contributed by atoms with E-state index in [1.807, 2.05) is 0 Å². The van der Waals surface area contributed by atoms with Gasteiger partial charge in [0.25, 0.3) is 0 Å². The summed E-state index contributed by atoms with van der Waals surface area (Å²) < 4.78 is 6.68. The van der Waals surface area contributed by atoms with Gasteiger partial charge in [-0.25, -0.2) is 0 Å². The van der Waals surface area contributed by atoms with E-state index >= 15 is 0 Å². The van der Waals surface area contributed by atoms with Gasteiger partial charge in [-0.1, -0.05) is 20.3 Å². The Bertz CT molecular complexity index is 309. The van der Waals surface area contributed by atoms with Gasteiger partial charge in [0.2, 0.25) is 0 Å². The zero-order valence-corrected chi connectivity index (χ0v) is 11.3. The predicted molar refractivity (Wildman–Crippen MR) is 66.4 cm³/mol. The van der Waals surface area contributed by atoms with Crippen LogP contribution in [0.1, 0.15) is 66.2 Å². The zero-order chi connectivity index (χ0) is 11.6. The highest BCUT2D eigenvalue weighted by Crippen LogP contribution is 2.65. The van der Waals surface area contributed by atoms with Crippen LogP contribution in [0.4, 0.5) is 0 Å². The van der Waals surface area contributed by atoms with Crippen LogP contribution in [0.5, 0.6) is 0 Å². The zero-order valence-electron chi connectivity index (χ0n) is 11.3. The first-order valence-corrected chi connectivity index (χ1v) is 7.10. The van der Waals surface area contributed by atoms with Crippen molar-refractivity contribution in [3.63, 3.8) is 0 Å². The lowest BCUT2D eigenvalue weighted by Gasteiger charge is -2.55. The largest absolute Gasteiger partial charge is 0.368 e. The second kappa shape index (κ2) is 3.04. The third kappa shape index (κ3) is 1.16. The first-order valence-electron chi connectivity index (χ1n) is 7.10. The highest BCUT2D eigenvalue weighted by atomic mass is 16.5. The fourth-order valence-electron chi connectivity index (χ4n) is 4.99. The van der Waals surface area contributed by atoms with Crippen molar-refractivity contribution in [3.05, 3.63) is 0 Å². The molecule has 1 heterocycles. The van der Waals surface area contributed by atoms with E-state index in [2.05, 4.69) is 27.7 Å². The Balaban J connectivity index is 2.04. The molecule has 0 N–H and O–H groups in total. The molecule has 3 aliphatic rings. The van der Waals surface area contributed by atoms with E-state index in [9.17, 15) is 0 Å². The Morgan fingerprint density at radius 2 is 1.81 bits per heavy atom. The van der Waals surface area contributed by atoms with E-state index in [1.54, 1.807) is 0 Å². The molecule has 1 saturated heterocycles. The summed E-state index contributed by atoms with van der Waals surface area (Å²) in [4.78, 5) is 0. The first-order chi connectivity index (χ1) is 7.40. The van der Waals surface area contributed by atoms with Crippen LogP contribution < -0.4 is 0 Å². The second-order valence-corrected chi connectivity index (χ2v) is 7.39. The van der Waals surface area contributed by atoms with Gasteiger partial charge in [-0.05, 0) is 63.2 Å². The molecule has 1 nitrogen and oxygen atoms in total. The van der Waals surface area contributed by atoms with Crippen LogP contribution in [0.2, 0.25) is 0 Å². The molecule has 1 aliphatic heterocycles. The van der Waals surface area contributed by atoms with Crippen molar-refractivity contribution in [2.24, 2.45) is 17.3 Å². The lowest BCUT2D eigenvalue weighted by Crippen LogP contribution is -2.55. The van der Waals surface area contributed by atoms with Crippen molar-refractivity contribution in [2.75, 3.05) is 0 Å². The molecule has 1 heteroatoms. The monoisotopic (exact) mass is 222 g/mol. The molecule has 2 aliphatic carbocycles. The van der Waals surface area contributed by atoms with Crippen molar-refractivity contribution in [2.45, 2.75) is 77.4 Å². The van der Waals surface area contributed by atoms with Gasteiger partial charge < -0.3 is 4.74 Å². The van der Waals surface area contributed by atoms with E-state index in [4.69, 9.17) is 4.74 Å². The minimum atomic E-state index is 0.128. The molecule has 0 amide bonds. The summed E-state index contributed by atoms with van der Waals surface area (Å²) in [6, 6.07) is 0. The molecule has 2 bridgehead atoms. The topological polar surface area (TPSA) is 9.23 Å². The van der Waals surface area contributed by atoms with E-state index in [-0.39, 0.29) is 11.2 Å². The Morgan fingerprint density at radius 3 is 2.56 bits per heavy atom. The summed E-state index contributed by atoms with van der Waals surface area (Å²) >= 11 is 0. The minimum absolute atomic E-state index is 0.128. The molecular weight excluding hydrogens is 196 g/mol.